The molecule has 116 valence electrons. The number of fused-ring (bicyclic) bond motifs is 1. The van der Waals surface area contributed by atoms with E-state index < -0.39 is 24.6 Å². The molecule has 2 rings (SSSR count). The molecule has 0 radical (unpaired) electrons. The zero-order chi connectivity index (χ0) is 15.7. The highest BCUT2D eigenvalue weighted by molar-refractivity contribution is 5.53. The monoisotopic (exact) mass is 310 g/mol. The molecular weight excluding hydrogens is 299 g/mol. The minimum Gasteiger partial charge on any atom is -0.468 e. The van der Waals surface area contributed by atoms with E-state index in [4.69, 9.17) is 0 Å². The van der Waals surface area contributed by atoms with Gasteiger partial charge in [0.05, 0.1) is 6.20 Å². The van der Waals surface area contributed by atoms with Crippen LogP contribution in [0.2, 0.25) is 0 Å². The molecule has 0 saturated heterocycles. The Morgan fingerprint density at radius 1 is 1.29 bits per heavy atom. The van der Waals surface area contributed by atoms with Crippen LogP contribution >= 0.6 is 0 Å². The molecule has 0 aliphatic heterocycles. The van der Waals surface area contributed by atoms with Crippen molar-refractivity contribution in [2.75, 3.05) is 18.5 Å². The molecule has 0 bridgehead atoms. The Balaban J connectivity index is 2.27. The lowest BCUT2D eigenvalue weighted by atomic mass is 10.3. The number of imidazole rings is 1. The highest BCUT2D eigenvalue weighted by atomic mass is 19.4. The SMILES string of the molecule is CCNc1cn2ccnc2c(OCC(F)(F)C(F)(F)F)n1. The van der Waals surface area contributed by atoms with E-state index in [-0.39, 0.29) is 11.5 Å². The van der Waals surface area contributed by atoms with E-state index in [0.29, 0.717) is 6.54 Å². The van der Waals surface area contributed by atoms with Crippen molar-refractivity contribution in [3.63, 3.8) is 0 Å². The second-order valence-electron chi connectivity index (χ2n) is 4.11. The maximum Gasteiger partial charge on any atom is 0.456 e. The van der Waals surface area contributed by atoms with Crippen LogP contribution in [0.4, 0.5) is 27.8 Å². The Morgan fingerprint density at radius 3 is 2.62 bits per heavy atom. The molecule has 0 unspecified atom stereocenters. The van der Waals surface area contributed by atoms with Crippen LogP contribution in [-0.4, -0.2) is 39.6 Å². The zero-order valence-corrected chi connectivity index (χ0v) is 10.8. The van der Waals surface area contributed by atoms with Gasteiger partial charge in [0.1, 0.15) is 5.82 Å². The van der Waals surface area contributed by atoms with Gasteiger partial charge in [0, 0.05) is 18.9 Å². The average Bonchev–Trinajstić information content (AvgIpc) is 2.83. The molecular formula is C11H11F5N4O. The van der Waals surface area contributed by atoms with E-state index in [1.807, 2.05) is 0 Å². The first-order valence-corrected chi connectivity index (χ1v) is 5.89. The van der Waals surface area contributed by atoms with Gasteiger partial charge in [-0.15, -0.1) is 0 Å². The molecule has 0 amide bonds. The minimum absolute atomic E-state index is 0.0506. The molecule has 0 saturated carbocycles. The van der Waals surface area contributed by atoms with E-state index in [1.54, 1.807) is 6.92 Å². The van der Waals surface area contributed by atoms with Gasteiger partial charge in [-0.25, -0.2) is 4.98 Å². The molecule has 0 fully saturated rings. The van der Waals surface area contributed by atoms with E-state index >= 15 is 0 Å². The van der Waals surface area contributed by atoms with E-state index in [9.17, 15) is 22.0 Å². The third kappa shape index (κ3) is 3.14. The van der Waals surface area contributed by atoms with Gasteiger partial charge >= 0.3 is 12.1 Å². The van der Waals surface area contributed by atoms with Gasteiger partial charge in [0.2, 0.25) is 5.65 Å². The third-order valence-electron chi connectivity index (χ3n) is 2.51. The number of aromatic nitrogens is 3. The summed E-state index contributed by atoms with van der Waals surface area (Å²) in [7, 11) is 0. The molecule has 0 aliphatic carbocycles. The zero-order valence-electron chi connectivity index (χ0n) is 10.8. The normalized spacial score (nSPS) is 12.7. The van der Waals surface area contributed by atoms with Crippen molar-refractivity contribution in [3.05, 3.63) is 18.6 Å². The Kier molecular flexibility index (Phi) is 3.88. The largest absolute Gasteiger partial charge is 0.468 e. The second-order valence-corrected chi connectivity index (χ2v) is 4.11. The Hall–Kier alpha value is -2.13. The summed E-state index contributed by atoms with van der Waals surface area (Å²) in [6, 6.07) is 0. The van der Waals surface area contributed by atoms with Crippen molar-refractivity contribution in [1.82, 2.24) is 14.4 Å². The standard InChI is InChI=1S/C11H11F5N4O/c1-2-17-7-5-20-4-3-18-8(20)9(19-7)21-6-10(12,13)11(14,15)16/h3-5,17H,2,6H2,1H3. The van der Waals surface area contributed by atoms with Crippen molar-refractivity contribution in [2.24, 2.45) is 0 Å². The Labute approximate surface area is 115 Å². The maximum absolute atomic E-state index is 12.9. The maximum atomic E-state index is 12.9. The summed E-state index contributed by atoms with van der Waals surface area (Å²) < 4.78 is 68.0. The summed E-state index contributed by atoms with van der Waals surface area (Å²) in [4.78, 5) is 7.63. The number of nitrogens with zero attached hydrogens (tertiary/aromatic N) is 3. The third-order valence-corrected chi connectivity index (χ3v) is 2.51. The van der Waals surface area contributed by atoms with Crippen molar-refractivity contribution in [3.8, 4) is 5.88 Å². The second kappa shape index (κ2) is 5.34. The highest BCUT2D eigenvalue weighted by Gasteiger charge is 2.58. The van der Waals surface area contributed by atoms with E-state index in [2.05, 4.69) is 20.0 Å². The molecule has 2 aromatic heterocycles. The van der Waals surface area contributed by atoms with Gasteiger partial charge < -0.3 is 10.1 Å². The van der Waals surface area contributed by atoms with Crippen molar-refractivity contribution in [2.45, 2.75) is 19.0 Å². The topological polar surface area (TPSA) is 51.5 Å². The minimum atomic E-state index is -5.68. The number of rotatable bonds is 5. The van der Waals surface area contributed by atoms with Gasteiger partial charge in [-0.1, -0.05) is 0 Å². The first-order chi connectivity index (χ1) is 9.74. The Morgan fingerprint density at radius 2 is 2.00 bits per heavy atom. The summed E-state index contributed by atoms with van der Waals surface area (Å²) >= 11 is 0. The number of ether oxygens (including phenoxy) is 1. The predicted octanol–water partition coefficient (Wildman–Crippen LogP) is 2.74. The van der Waals surface area contributed by atoms with Crippen molar-refractivity contribution in [1.29, 1.82) is 0 Å². The summed E-state index contributed by atoms with van der Waals surface area (Å²) in [5.74, 6) is -5.09. The lowest BCUT2D eigenvalue weighted by molar-refractivity contribution is -0.290. The number of alkyl halides is 5. The van der Waals surface area contributed by atoms with Gasteiger partial charge in [-0.2, -0.15) is 26.9 Å². The molecule has 21 heavy (non-hydrogen) atoms. The van der Waals surface area contributed by atoms with Crippen LogP contribution in [0.25, 0.3) is 5.65 Å². The fraction of sp³-hybridized carbons (Fsp3) is 0.455. The van der Waals surface area contributed by atoms with E-state index in [0.717, 1.165) is 0 Å². The molecule has 2 heterocycles. The van der Waals surface area contributed by atoms with Crippen LogP contribution in [0.5, 0.6) is 5.88 Å². The molecule has 0 atom stereocenters. The number of hydrogen-bond acceptors (Lipinski definition) is 4. The van der Waals surface area contributed by atoms with Crippen molar-refractivity contribution >= 4 is 11.5 Å². The van der Waals surface area contributed by atoms with Gasteiger partial charge in [-0.05, 0) is 6.92 Å². The number of nitrogens with one attached hydrogen (secondary N) is 1. The number of anilines is 1. The van der Waals surface area contributed by atoms with Crippen LogP contribution in [-0.2, 0) is 0 Å². The Bertz CT molecular complexity index is 625. The lowest BCUT2D eigenvalue weighted by Crippen LogP contribution is -2.41. The summed E-state index contributed by atoms with van der Waals surface area (Å²) in [5, 5.41) is 2.81. The summed E-state index contributed by atoms with van der Waals surface area (Å²) in [6.45, 7) is 0.408. The lowest BCUT2D eigenvalue weighted by Gasteiger charge is -2.19. The first-order valence-electron chi connectivity index (χ1n) is 5.89. The predicted molar refractivity (Wildman–Crippen MR) is 63.6 cm³/mol. The van der Waals surface area contributed by atoms with Gasteiger partial charge in [-0.3, -0.25) is 4.40 Å². The molecule has 0 spiro atoms. The molecule has 10 heteroatoms. The first kappa shape index (κ1) is 15.3. The van der Waals surface area contributed by atoms with Crippen LogP contribution in [0, 0.1) is 0 Å². The fourth-order valence-corrected chi connectivity index (χ4v) is 1.51. The van der Waals surface area contributed by atoms with Crippen LogP contribution in [0.1, 0.15) is 6.92 Å². The van der Waals surface area contributed by atoms with E-state index in [1.165, 1.54) is 23.0 Å². The van der Waals surface area contributed by atoms with Crippen LogP contribution in [0.3, 0.4) is 0 Å². The molecule has 0 aliphatic rings. The number of halogens is 5. The van der Waals surface area contributed by atoms with Crippen LogP contribution < -0.4 is 10.1 Å². The number of hydrogen-bond donors (Lipinski definition) is 1. The van der Waals surface area contributed by atoms with Crippen molar-refractivity contribution < 1.29 is 26.7 Å². The fourth-order valence-electron chi connectivity index (χ4n) is 1.51. The molecule has 0 aromatic carbocycles. The molecule has 5 nitrogen and oxygen atoms in total. The summed E-state index contributed by atoms with van der Waals surface area (Å²) in [5.41, 5.74) is 0.0506. The average molecular weight is 310 g/mol. The molecule has 1 N–H and O–H groups in total. The quantitative estimate of drug-likeness (QED) is 0.863. The summed E-state index contributed by atoms with van der Waals surface area (Å²) in [6.07, 6.45) is -1.33. The molecule has 2 aromatic rings. The smallest absolute Gasteiger partial charge is 0.456 e. The van der Waals surface area contributed by atoms with Crippen LogP contribution in [0.15, 0.2) is 18.6 Å². The van der Waals surface area contributed by atoms with Gasteiger partial charge in [0.25, 0.3) is 5.88 Å². The van der Waals surface area contributed by atoms with Gasteiger partial charge in [0.15, 0.2) is 6.61 Å². The highest BCUT2D eigenvalue weighted by Crippen LogP contribution is 2.36.